The first-order valence-electron chi connectivity index (χ1n) is 8.28. The van der Waals surface area contributed by atoms with Gasteiger partial charge in [0, 0.05) is 5.92 Å². The highest BCUT2D eigenvalue weighted by Crippen LogP contribution is 2.36. The molecule has 1 unspecified atom stereocenters. The van der Waals surface area contributed by atoms with Crippen molar-refractivity contribution in [1.82, 2.24) is 5.32 Å². The molecule has 0 aliphatic heterocycles. The first-order valence-corrected chi connectivity index (χ1v) is 9.03. The highest BCUT2D eigenvalue weighted by molar-refractivity contribution is 6.42. The molecule has 132 valence electrons. The van der Waals surface area contributed by atoms with Crippen LogP contribution in [0, 0.1) is 0 Å². The number of fused-ring (bicyclic) bond motifs is 1. The normalized spacial score (nSPS) is 12.0. The fourth-order valence-corrected chi connectivity index (χ4v) is 3.57. The molecular weight excluding hydrogens is 373 g/mol. The number of nitrogens with one attached hydrogen (secondary N) is 1. The Labute approximate surface area is 165 Å². The van der Waals surface area contributed by atoms with Gasteiger partial charge >= 0.3 is 0 Å². The molecule has 3 aromatic rings. The molecule has 0 fully saturated rings. The molecule has 1 N–H and O–H groups in total. The van der Waals surface area contributed by atoms with E-state index in [0.29, 0.717) is 16.0 Å². The second kappa shape index (κ2) is 9.45. The summed E-state index contributed by atoms with van der Waals surface area (Å²) in [4.78, 5) is 0. The van der Waals surface area contributed by atoms with Crippen LogP contribution in [0.5, 0.6) is 0 Å². The smallest absolute Gasteiger partial charge is 0.0595 e. The van der Waals surface area contributed by atoms with E-state index in [4.69, 9.17) is 23.2 Å². The summed E-state index contributed by atoms with van der Waals surface area (Å²) < 4.78 is 0. The van der Waals surface area contributed by atoms with Gasteiger partial charge < -0.3 is 5.32 Å². The van der Waals surface area contributed by atoms with Crippen LogP contribution in [0.3, 0.4) is 0 Å². The molecule has 0 saturated carbocycles. The largest absolute Gasteiger partial charge is 0.320 e. The molecule has 0 aliphatic carbocycles. The molecule has 3 rings (SSSR count). The van der Waals surface area contributed by atoms with Crippen molar-refractivity contribution in [2.45, 2.75) is 18.8 Å². The molecule has 0 heterocycles. The lowest BCUT2D eigenvalue weighted by molar-refractivity contribution is 0.631. The van der Waals surface area contributed by atoms with Crippen LogP contribution in [0.1, 0.15) is 29.9 Å². The summed E-state index contributed by atoms with van der Waals surface area (Å²) in [6.45, 7) is 1.00. The van der Waals surface area contributed by atoms with Gasteiger partial charge in [-0.1, -0.05) is 71.7 Å². The van der Waals surface area contributed by atoms with Gasteiger partial charge in [0.1, 0.15) is 0 Å². The predicted octanol–water partition coefficient (Wildman–Crippen LogP) is 6.70. The second-order valence-corrected chi connectivity index (χ2v) is 6.85. The third-order valence-electron chi connectivity index (χ3n) is 4.46. The van der Waals surface area contributed by atoms with Gasteiger partial charge in [0.2, 0.25) is 0 Å². The van der Waals surface area contributed by atoms with E-state index in [2.05, 4.69) is 53.8 Å². The Balaban J connectivity index is 0.00000225. The Morgan fingerprint density at radius 1 is 0.920 bits per heavy atom. The van der Waals surface area contributed by atoms with Crippen LogP contribution in [-0.4, -0.2) is 13.6 Å². The van der Waals surface area contributed by atoms with Gasteiger partial charge in [0.25, 0.3) is 0 Å². The second-order valence-electron chi connectivity index (χ2n) is 6.04. The minimum Gasteiger partial charge on any atom is -0.320 e. The molecule has 3 aromatic carbocycles. The lowest BCUT2D eigenvalue weighted by atomic mass is 9.85. The van der Waals surface area contributed by atoms with Crippen LogP contribution in [0.15, 0.2) is 60.7 Å². The summed E-state index contributed by atoms with van der Waals surface area (Å²) in [7, 11) is 1.99. The van der Waals surface area contributed by atoms with Crippen molar-refractivity contribution in [3.05, 3.63) is 81.8 Å². The van der Waals surface area contributed by atoms with Crippen LogP contribution >= 0.6 is 35.6 Å². The number of benzene rings is 3. The van der Waals surface area contributed by atoms with E-state index >= 15 is 0 Å². The Kier molecular flexibility index (Phi) is 7.58. The van der Waals surface area contributed by atoms with Crippen LogP contribution in [0.4, 0.5) is 0 Å². The van der Waals surface area contributed by atoms with Gasteiger partial charge in [-0.15, -0.1) is 12.4 Å². The Bertz CT molecular complexity index is 827. The van der Waals surface area contributed by atoms with Crippen molar-refractivity contribution in [3.8, 4) is 0 Å². The minimum absolute atomic E-state index is 0. The fourth-order valence-electron chi connectivity index (χ4n) is 3.27. The number of halogens is 3. The van der Waals surface area contributed by atoms with Gasteiger partial charge in [-0.25, -0.2) is 0 Å². The van der Waals surface area contributed by atoms with Crippen molar-refractivity contribution < 1.29 is 0 Å². The SMILES string of the molecule is CNCCCC(c1ccc(Cl)c(Cl)c1)c1cccc2ccccc12.Cl. The quantitative estimate of drug-likeness (QED) is 0.459. The molecule has 0 aliphatic rings. The van der Waals surface area contributed by atoms with E-state index in [0.717, 1.165) is 19.4 Å². The molecule has 0 saturated heterocycles. The van der Waals surface area contributed by atoms with Crippen molar-refractivity contribution >= 4 is 46.4 Å². The summed E-state index contributed by atoms with van der Waals surface area (Å²) in [6.07, 6.45) is 2.16. The Morgan fingerprint density at radius 3 is 2.44 bits per heavy atom. The third kappa shape index (κ3) is 4.68. The number of hydrogen-bond donors (Lipinski definition) is 1. The maximum absolute atomic E-state index is 6.28. The van der Waals surface area contributed by atoms with E-state index in [1.165, 1.54) is 21.9 Å². The lowest BCUT2D eigenvalue weighted by Crippen LogP contribution is -2.10. The fraction of sp³-hybridized carbons (Fsp3) is 0.238. The summed E-state index contributed by atoms with van der Waals surface area (Å²) >= 11 is 12.4. The topological polar surface area (TPSA) is 12.0 Å². The Hall–Kier alpha value is -1.25. The molecular formula is C21H22Cl3N. The molecule has 4 heteroatoms. The molecule has 25 heavy (non-hydrogen) atoms. The maximum atomic E-state index is 6.28. The predicted molar refractivity (Wildman–Crippen MR) is 113 cm³/mol. The third-order valence-corrected chi connectivity index (χ3v) is 5.20. The van der Waals surface area contributed by atoms with Crippen LogP contribution < -0.4 is 5.32 Å². The van der Waals surface area contributed by atoms with E-state index in [-0.39, 0.29) is 12.4 Å². The molecule has 0 amide bonds. The highest BCUT2D eigenvalue weighted by Gasteiger charge is 2.17. The van der Waals surface area contributed by atoms with Crippen LogP contribution in [-0.2, 0) is 0 Å². The minimum atomic E-state index is 0. The molecule has 0 bridgehead atoms. The summed E-state index contributed by atoms with van der Waals surface area (Å²) in [5.41, 5.74) is 2.57. The standard InChI is InChI=1S/C21H21Cl2N.ClH/c1-24-13-5-10-18(16-11-12-20(22)21(23)14-16)19-9-4-7-15-6-2-3-8-17(15)19;/h2-4,6-9,11-12,14,18,24H,5,10,13H2,1H3;1H. The molecule has 0 radical (unpaired) electrons. The van der Waals surface area contributed by atoms with E-state index in [1.54, 1.807) is 0 Å². The molecule has 0 aromatic heterocycles. The van der Waals surface area contributed by atoms with Crippen molar-refractivity contribution in [1.29, 1.82) is 0 Å². The first kappa shape index (κ1) is 20.1. The zero-order valence-electron chi connectivity index (χ0n) is 14.1. The first-order chi connectivity index (χ1) is 11.7. The highest BCUT2D eigenvalue weighted by atomic mass is 35.5. The van der Waals surface area contributed by atoms with Gasteiger partial charge in [0.05, 0.1) is 10.0 Å². The van der Waals surface area contributed by atoms with Crippen LogP contribution in [0.2, 0.25) is 10.0 Å². The molecule has 1 atom stereocenters. The van der Waals surface area contributed by atoms with Gasteiger partial charge in [-0.3, -0.25) is 0 Å². The van der Waals surface area contributed by atoms with E-state index in [1.807, 2.05) is 19.2 Å². The molecule has 0 spiro atoms. The van der Waals surface area contributed by atoms with Gasteiger partial charge in [-0.05, 0) is 60.5 Å². The van der Waals surface area contributed by atoms with Gasteiger partial charge in [0.15, 0.2) is 0 Å². The number of hydrogen-bond acceptors (Lipinski definition) is 1. The van der Waals surface area contributed by atoms with Crippen molar-refractivity contribution in [2.75, 3.05) is 13.6 Å². The average Bonchev–Trinajstić information content (AvgIpc) is 2.61. The Morgan fingerprint density at radius 2 is 1.68 bits per heavy atom. The number of rotatable bonds is 6. The molecule has 1 nitrogen and oxygen atoms in total. The lowest BCUT2D eigenvalue weighted by Gasteiger charge is -2.20. The maximum Gasteiger partial charge on any atom is 0.0595 e. The van der Waals surface area contributed by atoms with Crippen LogP contribution in [0.25, 0.3) is 10.8 Å². The van der Waals surface area contributed by atoms with E-state index in [9.17, 15) is 0 Å². The summed E-state index contributed by atoms with van der Waals surface area (Å²) in [5, 5.41) is 7.04. The van der Waals surface area contributed by atoms with Gasteiger partial charge in [-0.2, -0.15) is 0 Å². The monoisotopic (exact) mass is 393 g/mol. The summed E-state index contributed by atoms with van der Waals surface area (Å²) in [6, 6.07) is 21.1. The average molecular weight is 395 g/mol. The van der Waals surface area contributed by atoms with Crippen molar-refractivity contribution in [3.63, 3.8) is 0 Å². The van der Waals surface area contributed by atoms with E-state index < -0.39 is 0 Å². The zero-order valence-corrected chi connectivity index (χ0v) is 16.5. The zero-order chi connectivity index (χ0) is 16.9. The van der Waals surface area contributed by atoms with Crippen molar-refractivity contribution in [2.24, 2.45) is 0 Å². The summed E-state index contributed by atoms with van der Waals surface area (Å²) in [5.74, 6) is 0.305.